The number of rotatable bonds is 9. The summed E-state index contributed by atoms with van der Waals surface area (Å²) in [5.41, 5.74) is 1.72. The smallest absolute Gasteiger partial charge is 0.240 e. The molecule has 140 valence electrons. The first-order valence-electron chi connectivity index (χ1n) is 8.73. The molecule has 26 heavy (non-hydrogen) atoms. The minimum absolute atomic E-state index is 0.218. The number of carbonyl (C=O) groups excluding carboxylic acids is 1. The Morgan fingerprint density at radius 3 is 2.15 bits per heavy atom. The van der Waals surface area contributed by atoms with E-state index in [1.54, 1.807) is 30.3 Å². The topological polar surface area (TPSA) is 66.5 Å². The van der Waals surface area contributed by atoms with Gasteiger partial charge in [0.05, 0.1) is 11.9 Å². The molecular weight excluding hydrogens is 348 g/mol. The Kier molecular flexibility index (Phi) is 7.21. The lowest BCUT2D eigenvalue weighted by atomic mass is 9.97. The lowest BCUT2D eigenvalue weighted by molar-refractivity contribution is -0.119. The van der Waals surface area contributed by atoms with Crippen LogP contribution in [0, 0.1) is 5.92 Å². The van der Waals surface area contributed by atoms with Gasteiger partial charge in [-0.2, -0.15) is 0 Å². The third kappa shape index (κ3) is 6.19. The molecule has 1 atom stereocenters. The molecule has 0 fully saturated rings. The van der Waals surface area contributed by atoms with E-state index in [-0.39, 0.29) is 12.5 Å². The zero-order valence-corrected chi connectivity index (χ0v) is 16.1. The van der Waals surface area contributed by atoms with Crippen molar-refractivity contribution >= 4 is 21.6 Å². The van der Waals surface area contributed by atoms with E-state index in [0.717, 1.165) is 23.4 Å². The molecule has 0 heterocycles. The van der Waals surface area contributed by atoms with Crippen molar-refractivity contribution in [1.29, 1.82) is 0 Å². The Morgan fingerprint density at radius 1 is 1.04 bits per heavy atom. The largest absolute Gasteiger partial charge is 0.354 e. The van der Waals surface area contributed by atoms with Crippen molar-refractivity contribution in [3.63, 3.8) is 0 Å². The molecule has 0 aliphatic heterocycles. The van der Waals surface area contributed by atoms with Gasteiger partial charge in [-0.1, -0.05) is 61.9 Å². The van der Waals surface area contributed by atoms with Crippen molar-refractivity contribution in [1.82, 2.24) is 5.32 Å². The maximum Gasteiger partial charge on any atom is 0.240 e. The van der Waals surface area contributed by atoms with Crippen LogP contribution < -0.4 is 9.62 Å². The van der Waals surface area contributed by atoms with Crippen LogP contribution in [0.3, 0.4) is 0 Å². The molecule has 1 N–H and O–H groups in total. The van der Waals surface area contributed by atoms with E-state index >= 15 is 0 Å². The second kappa shape index (κ2) is 9.38. The molecular formula is C20H26N2O3S. The molecule has 0 radical (unpaired) electrons. The highest BCUT2D eigenvalue weighted by atomic mass is 32.2. The van der Waals surface area contributed by atoms with Gasteiger partial charge < -0.3 is 5.32 Å². The van der Waals surface area contributed by atoms with Crippen LogP contribution in [0.15, 0.2) is 60.7 Å². The van der Waals surface area contributed by atoms with E-state index in [9.17, 15) is 13.2 Å². The predicted octanol–water partition coefficient (Wildman–Crippen LogP) is 2.84. The number of amides is 1. The molecule has 2 aromatic rings. The number of hydrogen-bond acceptors (Lipinski definition) is 3. The number of sulfonamides is 1. The van der Waals surface area contributed by atoms with E-state index in [2.05, 4.69) is 24.4 Å². The SMILES string of the molecule is CCC(CNC(=O)CN(c1ccccc1)S(C)(=O)=O)Cc1ccccc1. The number of para-hydroxylation sites is 1. The number of nitrogens with one attached hydrogen (secondary N) is 1. The third-order valence-corrected chi connectivity index (χ3v) is 5.40. The van der Waals surface area contributed by atoms with E-state index < -0.39 is 10.0 Å². The number of hydrogen-bond donors (Lipinski definition) is 1. The van der Waals surface area contributed by atoms with E-state index in [1.165, 1.54) is 5.56 Å². The highest BCUT2D eigenvalue weighted by Crippen LogP contribution is 2.16. The highest BCUT2D eigenvalue weighted by molar-refractivity contribution is 7.92. The van der Waals surface area contributed by atoms with Gasteiger partial charge in [-0.25, -0.2) is 8.42 Å². The summed E-state index contributed by atoms with van der Waals surface area (Å²) in [6.07, 6.45) is 2.92. The summed E-state index contributed by atoms with van der Waals surface area (Å²) >= 11 is 0. The fourth-order valence-electron chi connectivity index (χ4n) is 2.75. The van der Waals surface area contributed by atoms with Crippen LogP contribution in [0.4, 0.5) is 5.69 Å². The Hall–Kier alpha value is -2.34. The summed E-state index contributed by atoms with van der Waals surface area (Å²) in [7, 11) is -3.53. The zero-order chi connectivity index (χ0) is 19.0. The van der Waals surface area contributed by atoms with Crippen molar-refractivity contribution in [3.05, 3.63) is 66.2 Å². The quantitative estimate of drug-likeness (QED) is 0.734. The summed E-state index contributed by atoms with van der Waals surface area (Å²) in [5, 5.41) is 2.88. The van der Waals surface area contributed by atoms with Gasteiger partial charge in [0, 0.05) is 6.54 Å². The first-order valence-corrected chi connectivity index (χ1v) is 10.6. The summed E-state index contributed by atoms with van der Waals surface area (Å²) < 4.78 is 25.2. The van der Waals surface area contributed by atoms with Crippen molar-refractivity contribution in [2.45, 2.75) is 19.8 Å². The number of anilines is 1. The molecule has 0 spiro atoms. The standard InChI is InChI=1S/C20H26N2O3S/c1-3-17(14-18-10-6-4-7-11-18)15-21-20(23)16-22(26(2,24)25)19-12-8-5-9-13-19/h4-13,17H,3,14-16H2,1-2H3,(H,21,23). The maximum absolute atomic E-state index is 12.3. The van der Waals surface area contributed by atoms with Crippen LogP contribution in [0.2, 0.25) is 0 Å². The Bertz CT molecular complexity index is 792. The first-order chi connectivity index (χ1) is 12.4. The first kappa shape index (κ1) is 20.0. The van der Waals surface area contributed by atoms with Gasteiger partial charge in [-0.05, 0) is 30.0 Å². The van der Waals surface area contributed by atoms with Gasteiger partial charge in [-0.3, -0.25) is 9.10 Å². The molecule has 0 saturated heterocycles. The molecule has 0 bridgehead atoms. The summed E-state index contributed by atoms with van der Waals surface area (Å²) in [5.74, 6) is 0.00977. The van der Waals surface area contributed by atoms with Crippen LogP contribution in [-0.4, -0.2) is 33.7 Å². The molecule has 0 aromatic heterocycles. The number of benzene rings is 2. The van der Waals surface area contributed by atoms with Gasteiger partial charge in [0.1, 0.15) is 6.54 Å². The Morgan fingerprint density at radius 2 is 1.62 bits per heavy atom. The van der Waals surface area contributed by atoms with Gasteiger partial charge in [0.25, 0.3) is 0 Å². The monoisotopic (exact) mass is 374 g/mol. The van der Waals surface area contributed by atoms with Gasteiger partial charge >= 0.3 is 0 Å². The second-order valence-electron chi connectivity index (χ2n) is 6.37. The average molecular weight is 375 g/mol. The summed E-state index contributed by atoms with van der Waals surface area (Å²) in [6, 6.07) is 18.8. The molecule has 1 unspecified atom stereocenters. The average Bonchev–Trinajstić information content (AvgIpc) is 2.63. The fraction of sp³-hybridized carbons (Fsp3) is 0.350. The number of nitrogens with zero attached hydrogens (tertiary/aromatic N) is 1. The second-order valence-corrected chi connectivity index (χ2v) is 8.28. The van der Waals surface area contributed by atoms with Crippen molar-refractivity contribution in [3.8, 4) is 0 Å². The van der Waals surface area contributed by atoms with Crippen LogP contribution >= 0.6 is 0 Å². The van der Waals surface area contributed by atoms with Crippen LogP contribution in [0.5, 0.6) is 0 Å². The van der Waals surface area contributed by atoms with Crippen molar-refractivity contribution in [2.75, 3.05) is 23.7 Å². The van der Waals surface area contributed by atoms with E-state index in [4.69, 9.17) is 0 Å². The van der Waals surface area contributed by atoms with E-state index in [0.29, 0.717) is 18.2 Å². The normalized spacial score (nSPS) is 12.4. The highest BCUT2D eigenvalue weighted by Gasteiger charge is 2.21. The zero-order valence-electron chi connectivity index (χ0n) is 15.3. The predicted molar refractivity (Wildman–Crippen MR) is 106 cm³/mol. The summed E-state index contributed by atoms with van der Waals surface area (Å²) in [6.45, 7) is 2.40. The number of carbonyl (C=O) groups is 1. The van der Waals surface area contributed by atoms with Crippen LogP contribution in [0.25, 0.3) is 0 Å². The van der Waals surface area contributed by atoms with Crippen LogP contribution in [-0.2, 0) is 21.2 Å². The fourth-order valence-corrected chi connectivity index (χ4v) is 3.60. The Balaban J connectivity index is 1.95. The van der Waals surface area contributed by atoms with Gasteiger partial charge in [0.15, 0.2) is 0 Å². The van der Waals surface area contributed by atoms with E-state index in [1.807, 2.05) is 18.2 Å². The Labute approximate surface area is 156 Å². The van der Waals surface area contributed by atoms with Crippen molar-refractivity contribution in [2.24, 2.45) is 5.92 Å². The molecule has 0 aliphatic rings. The van der Waals surface area contributed by atoms with Crippen molar-refractivity contribution < 1.29 is 13.2 Å². The third-order valence-electron chi connectivity index (χ3n) is 4.26. The lowest BCUT2D eigenvalue weighted by Crippen LogP contribution is -2.41. The lowest BCUT2D eigenvalue weighted by Gasteiger charge is -2.22. The van der Waals surface area contributed by atoms with Crippen LogP contribution in [0.1, 0.15) is 18.9 Å². The molecule has 2 rings (SSSR count). The van der Waals surface area contributed by atoms with Gasteiger partial charge in [-0.15, -0.1) is 0 Å². The molecule has 1 amide bonds. The summed E-state index contributed by atoms with van der Waals surface area (Å²) in [4.78, 5) is 12.3. The molecule has 0 saturated carbocycles. The minimum Gasteiger partial charge on any atom is -0.354 e. The minimum atomic E-state index is -3.53. The molecule has 6 heteroatoms. The van der Waals surface area contributed by atoms with Gasteiger partial charge in [0.2, 0.25) is 15.9 Å². The maximum atomic E-state index is 12.3. The molecule has 2 aromatic carbocycles. The molecule has 0 aliphatic carbocycles. The molecule has 5 nitrogen and oxygen atoms in total.